The zero-order valence-corrected chi connectivity index (χ0v) is 10.7. The van der Waals surface area contributed by atoms with Gasteiger partial charge in [-0.15, -0.1) is 0 Å². The monoisotopic (exact) mass is 236 g/mol. The van der Waals surface area contributed by atoms with Crippen molar-refractivity contribution in [3.8, 4) is 0 Å². The molecule has 0 saturated carbocycles. The Morgan fingerprint density at radius 2 is 2.47 bits per heavy atom. The first-order valence-corrected chi connectivity index (χ1v) is 6.15. The Labute approximate surface area is 102 Å². The largest absolute Gasteiger partial charge is 0.344 e. The molecule has 0 bridgehead atoms. The fraction of sp³-hybridized carbons (Fsp3) is 0.667. The van der Waals surface area contributed by atoms with E-state index in [0.717, 1.165) is 31.7 Å². The van der Waals surface area contributed by atoms with Crippen LogP contribution in [-0.2, 0) is 17.8 Å². The van der Waals surface area contributed by atoms with E-state index >= 15 is 0 Å². The number of nitrogens with one attached hydrogen (secondary N) is 1. The molecule has 2 rings (SSSR count). The summed E-state index contributed by atoms with van der Waals surface area (Å²) >= 11 is 0. The molecule has 0 aromatic carbocycles. The van der Waals surface area contributed by atoms with Crippen molar-refractivity contribution in [1.82, 2.24) is 19.8 Å². The second-order valence-electron chi connectivity index (χ2n) is 4.50. The molecule has 94 valence electrons. The van der Waals surface area contributed by atoms with E-state index in [1.807, 2.05) is 25.5 Å². The van der Waals surface area contributed by atoms with Crippen LogP contribution in [0.1, 0.15) is 31.3 Å². The molecule has 5 nitrogen and oxygen atoms in total. The van der Waals surface area contributed by atoms with Crippen LogP contribution in [0.25, 0.3) is 0 Å². The lowest BCUT2D eigenvalue weighted by molar-refractivity contribution is -0.132. The number of hydrogen-bond donors (Lipinski definition) is 1. The summed E-state index contributed by atoms with van der Waals surface area (Å²) < 4.78 is 2.02. The van der Waals surface area contributed by atoms with Crippen LogP contribution >= 0.6 is 0 Å². The predicted octanol–water partition coefficient (Wildman–Crippen LogP) is 0.568. The van der Waals surface area contributed by atoms with Gasteiger partial charge in [0.25, 0.3) is 0 Å². The summed E-state index contributed by atoms with van der Waals surface area (Å²) in [5, 5.41) is 3.29. The molecule has 1 aliphatic heterocycles. The number of imidazole rings is 1. The van der Waals surface area contributed by atoms with Gasteiger partial charge in [0.2, 0.25) is 5.91 Å². The summed E-state index contributed by atoms with van der Waals surface area (Å²) in [4.78, 5) is 18.2. The van der Waals surface area contributed by atoms with Crippen molar-refractivity contribution in [3.05, 3.63) is 17.7 Å². The topological polar surface area (TPSA) is 50.2 Å². The van der Waals surface area contributed by atoms with Gasteiger partial charge < -0.3 is 14.8 Å². The number of aromatic nitrogens is 2. The first-order chi connectivity index (χ1) is 8.15. The SMILES string of the molecule is CCN(C)C(=O)C(C)n1cnc2c1CCNC2. The molecule has 1 amide bonds. The summed E-state index contributed by atoms with van der Waals surface area (Å²) in [5.41, 5.74) is 2.28. The molecule has 1 aromatic rings. The third-order valence-electron chi connectivity index (χ3n) is 3.44. The van der Waals surface area contributed by atoms with E-state index in [4.69, 9.17) is 0 Å². The minimum Gasteiger partial charge on any atom is -0.344 e. The molecular weight excluding hydrogens is 216 g/mol. The van der Waals surface area contributed by atoms with E-state index in [1.54, 1.807) is 11.2 Å². The Bertz CT molecular complexity index is 413. The van der Waals surface area contributed by atoms with Crippen molar-refractivity contribution in [2.45, 2.75) is 32.9 Å². The lowest BCUT2D eigenvalue weighted by Crippen LogP contribution is -2.34. The van der Waals surface area contributed by atoms with Gasteiger partial charge in [-0.05, 0) is 13.8 Å². The van der Waals surface area contributed by atoms with Crippen LogP contribution in [0.2, 0.25) is 0 Å². The second-order valence-corrected chi connectivity index (χ2v) is 4.50. The van der Waals surface area contributed by atoms with Gasteiger partial charge >= 0.3 is 0 Å². The number of hydrogen-bond acceptors (Lipinski definition) is 3. The van der Waals surface area contributed by atoms with Crippen molar-refractivity contribution in [3.63, 3.8) is 0 Å². The van der Waals surface area contributed by atoms with Gasteiger partial charge in [-0.25, -0.2) is 4.98 Å². The Morgan fingerprint density at radius 3 is 3.18 bits per heavy atom. The number of likely N-dealkylation sites (N-methyl/N-ethyl adjacent to an activating group) is 1. The Morgan fingerprint density at radius 1 is 1.71 bits per heavy atom. The smallest absolute Gasteiger partial charge is 0.245 e. The van der Waals surface area contributed by atoms with E-state index in [2.05, 4.69) is 10.3 Å². The van der Waals surface area contributed by atoms with Gasteiger partial charge in [0.15, 0.2) is 0 Å². The first-order valence-electron chi connectivity index (χ1n) is 6.15. The van der Waals surface area contributed by atoms with Gasteiger partial charge in [0.05, 0.1) is 12.0 Å². The third kappa shape index (κ3) is 2.20. The van der Waals surface area contributed by atoms with Gasteiger partial charge in [-0.2, -0.15) is 0 Å². The average molecular weight is 236 g/mol. The van der Waals surface area contributed by atoms with E-state index in [0.29, 0.717) is 0 Å². The summed E-state index contributed by atoms with van der Waals surface area (Å²) in [5.74, 6) is 0.145. The average Bonchev–Trinajstić information content (AvgIpc) is 2.79. The highest BCUT2D eigenvalue weighted by molar-refractivity contribution is 5.79. The Hall–Kier alpha value is -1.36. The minimum absolute atomic E-state index is 0.145. The van der Waals surface area contributed by atoms with Crippen LogP contribution in [0.4, 0.5) is 0 Å². The fourth-order valence-electron chi connectivity index (χ4n) is 2.19. The molecular formula is C12H20N4O. The lowest BCUT2D eigenvalue weighted by Gasteiger charge is -2.23. The summed E-state index contributed by atoms with van der Waals surface area (Å²) in [6.45, 7) is 6.44. The molecule has 1 atom stereocenters. The van der Waals surface area contributed by atoms with Crippen LogP contribution in [0, 0.1) is 0 Å². The number of carbonyl (C=O) groups excluding carboxylic acids is 1. The van der Waals surface area contributed by atoms with Gasteiger partial charge in [0.1, 0.15) is 6.04 Å². The van der Waals surface area contributed by atoms with E-state index in [1.165, 1.54) is 5.69 Å². The maximum atomic E-state index is 12.1. The van der Waals surface area contributed by atoms with Gasteiger partial charge in [-0.1, -0.05) is 0 Å². The van der Waals surface area contributed by atoms with Gasteiger partial charge in [-0.3, -0.25) is 4.79 Å². The normalized spacial score (nSPS) is 16.4. The van der Waals surface area contributed by atoms with Crippen molar-refractivity contribution in [2.75, 3.05) is 20.1 Å². The highest BCUT2D eigenvalue weighted by Crippen LogP contribution is 2.18. The molecule has 1 unspecified atom stereocenters. The Balaban J connectivity index is 2.22. The first kappa shape index (κ1) is 12.1. The minimum atomic E-state index is -0.158. The number of amides is 1. The molecule has 5 heteroatoms. The van der Waals surface area contributed by atoms with Gasteiger partial charge in [0, 0.05) is 38.8 Å². The highest BCUT2D eigenvalue weighted by atomic mass is 16.2. The number of rotatable bonds is 3. The van der Waals surface area contributed by atoms with Crippen molar-refractivity contribution >= 4 is 5.91 Å². The van der Waals surface area contributed by atoms with Crippen LogP contribution in [0.15, 0.2) is 6.33 Å². The van der Waals surface area contributed by atoms with Crippen molar-refractivity contribution < 1.29 is 4.79 Å². The molecule has 0 radical (unpaired) electrons. The summed E-state index contributed by atoms with van der Waals surface area (Å²) in [6, 6.07) is -0.158. The molecule has 1 aliphatic rings. The summed E-state index contributed by atoms with van der Waals surface area (Å²) in [7, 11) is 1.84. The van der Waals surface area contributed by atoms with Crippen molar-refractivity contribution in [1.29, 1.82) is 0 Å². The molecule has 17 heavy (non-hydrogen) atoms. The molecule has 0 aliphatic carbocycles. The number of fused-ring (bicyclic) bond motifs is 1. The predicted molar refractivity (Wildman–Crippen MR) is 65.7 cm³/mol. The van der Waals surface area contributed by atoms with Crippen LogP contribution in [-0.4, -0.2) is 40.5 Å². The lowest BCUT2D eigenvalue weighted by atomic mass is 10.1. The van der Waals surface area contributed by atoms with E-state index in [-0.39, 0.29) is 11.9 Å². The fourth-order valence-corrected chi connectivity index (χ4v) is 2.19. The number of carbonyl (C=O) groups is 1. The van der Waals surface area contributed by atoms with E-state index < -0.39 is 0 Å². The van der Waals surface area contributed by atoms with E-state index in [9.17, 15) is 4.79 Å². The highest BCUT2D eigenvalue weighted by Gasteiger charge is 2.23. The zero-order chi connectivity index (χ0) is 12.4. The molecule has 0 fully saturated rings. The van der Waals surface area contributed by atoms with Crippen molar-refractivity contribution in [2.24, 2.45) is 0 Å². The van der Waals surface area contributed by atoms with Crippen LogP contribution < -0.4 is 5.32 Å². The molecule has 1 N–H and O–H groups in total. The molecule has 0 spiro atoms. The standard InChI is InChI=1S/C12H20N4O/c1-4-15(3)12(17)9(2)16-8-14-10-7-13-6-5-11(10)16/h8-9,13H,4-7H2,1-3H3. The maximum Gasteiger partial charge on any atom is 0.245 e. The van der Waals surface area contributed by atoms with Crippen LogP contribution in [0.3, 0.4) is 0 Å². The second kappa shape index (κ2) is 4.87. The Kier molecular flexibility index (Phi) is 3.47. The maximum absolute atomic E-state index is 12.1. The third-order valence-corrected chi connectivity index (χ3v) is 3.44. The number of nitrogens with zero attached hydrogens (tertiary/aromatic N) is 3. The quantitative estimate of drug-likeness (QED) is 0.834. The molecule has 1 aromatic heterocycles. The molecule has 0 saturated heterocycles. The van der Waals surface area contributed by atoms with Crippen LogP contribution in [0.5, 0.6) is 0 Å². The molecule has 2 heterocycles. The summed E-state index contributed by atoms with van der Waals surface area (Å²) in [6.07, 6.45) is 2.74. The zero-order valence-electron chi connectivity index (χ0n) is 10.7.